The van der Waals surface area contributed by atoms with Crippen molar-refractivity contribution in [3.63, 3.8) is 0 Å². The molecular weight excluding hydrogens is 400 g/mol. The van der Waals surface area contributed by atoms with E-state index in [1.807, 2.05) is 67.6 Å². The summed E-state index contributed by atoms with van der Waals surface area (Å²) in [6.45, 7) is 6.38. The normalized spacial score (nSPS) is 12.1. The molecule has 0 spiro atoms. The molecule has 0 bridgehead atoms. The Morgan fingerprint density at radius 2 is 1.52 bits per heavy atom. The van der Waals surface area contributed by atoms with Gasteiger partial charge in [-0.3, -0.25) is 4.79 Å². The van der Waals surface area contributed by atoms with Gasteiger partial charge in [-0.1, -0.05) is 86.3 Å². The summed E-state index contributed by atoms with van der Waals surface area (Å²) in [5, 5.41) is 4.81. The van der Waals surface area contributed by atoms with Crippen molar-refractivity contribution in [1.29, 1.82) is 0 Å². The molecule has 156 valence electrons. The molecule has 1 amide bonds. The zero-order valence-electron chi connectivity index (χ0n) is 18.0. The number of aromatic nitrogens is 1. The Hall–Kier alpha value is -3.11. The van der Waals surface area contributed by atoms with Crippen LogP contribution in [0.2, 0.25) is 0 Å². The Labute approximate surface area is 187 Å². The van der Waals surface area contributed by atoms with Crippen molar-refractivity contribution >= 4 is 28.6 Å². The van der Waals surface area contributed by atoms with Crippen LogP contribution in [0.15, 0.2) is 94.9 Å². The molecule has 1 unspecified atom stereocenters. The molecule has 3 aromatic carbocycles. The van der Waals surface area contributed by atoms with Crippen molar-refractivity contribution in [3.05, 3.63) is 102 Å². The second-order valence-electron chi connectivity index (χ2n) is 7.96. The number of carbonyl (C=O) groups excluding carboxylic acids is 1. The van der Waals surface area contributed by atoms with E-state index in [4.69, 9.17) is 4.98 Å². The molecule has 3 nitrogen and oxygen atoms in total. The topological polar surface area (TPSA) is 42.0 Å². The number of nitrogens with one attached hydrogen (secondary N) is 1. The molecule has 4 heteroatoms. The number of nitrogens with zero attached hydrogens (tertiary/aromatic N) is 1. The van der Waals surface area contributed by atoms with Gasteiger partial charge in [-0.2, -0.15) is 0 Å². The Bertz CT molecular complexity index is 1190. The van der Waals surface area contributed by atoms with Gasteiger partial charge < -0.3 is 5.32 Å². The van der Waals surface area contributed by atoms with Gasteiger partial charge in [-0.15, -0.1) is 0 Å². The Kier molecular flexibility index (Phi) is 6.38. The first kappa shape index (κ1) is 21.1. The predicted molar refractivity (Wildman–Crippen MR) is 129 cm³/mol. The lowest BCUT2D eigenvalue weighted by Crippen LogP contribution is -2.27. The molecule has 0 aliphatic carbocycles. The van der Waals surface area contributed by atoms with E-state index in [0.717, 1.165) is 26.4 Å². The summed E-state index contributed by atoms with van der Waals surface area (Å²) in [5.41, 5.74) is 3.86. The van der Waals surface area contributed by atoms with E-state index in [2.05, 4.69) is 43.4 Å². The van der Waals surface area contributed by atoms with Crippen molar-refractivity contribution in [2.45, 2.75) is 42.7 Å². The van der Waals surface area contributed by atoms with E-state index in [-0.39, 0.29) is 11.9 Å². The summed E-state index contributed by atoms with van der Waals surface area (Å²) in [6, 6.07) is 28.2. The van der Waals surface area contributed by atoms with Crippen molar-refractivity contribution < 1.29 is 4.79 Å². The highest BCUT2D eigenvalue weighted by atomic mass is 32.2. The number of pyridine rings is 1. The van der Waals surface area contributed by atoms with Gasteiger partial charge >= 0.3 is 0 Å². The first-order valence-electron chi connectivity index (χ1n) is 10.5. The highest BCUT2D eigenvalue weighted by molar-refractivity contribution is 7.99. The van der Waals surface area contributed by atoms with Crippen LogP contribution in [-0.2, 0) is 0 Å². The van der Waals surface area contributed by atoms with Crippen LogP contribution < -0.4 is 5.32 Å². The summed E-state index contributed by atoms with van der Waals surface area (Å²) < 4.78 is 0. The number of hydrogen-bond acceptors (Lipinski definition) is 3. The third-order valence-corrected chi connectivity index (χ3v) is 6.28. The number of amides is 1. The van der Waals surface area contributed by atoms with Crippen molar-refractivity contribution in [3.8, 4) is 0 Å². The number of carbonyl (C=O) groups is 1. The molecule has 1 N–H and O–H groups in total. The fraction of sp³-hybridized carbons (Fsp3) is 0.185. The van der Waals surface area contributed by atoms with E-state index < -0.39 is 0 Å². The second-order valence-corrected chi connectivity index (χ2v) is 9.05. The average molecular weight is 427 g/mol. The Morgan fingerprint density at radius 1 is 0.839 bits per heavy atom. The molecule has 0 radical (unpaired) electrons. The van der Waals surface area contributed by atoms with Crippen LogP contribution >= 0.6 is 11.8 Å². The first-order valence-corrected chi connectivity index (χ1v) is 11.4. The van der Waals surface area contributed by atoms with Crippen LogP contribution in [0.5, 0.6) is 0 Å². The third kappa shape index (κ3) is 4.97. The molecule has 0 saturated heterocycles. The minimum Gasteiger partial charge on any atom is -0.345 e. The smallest absolute Gasteiger partial charge is 0.252 e. The number of rotatable bonds is 6. The fourth-order valence-electron chi connectivity index (χ4n) is 3.53. The zero-order chi connectivity index (χ0) is 21.8. The number of hydrogen-bond donors (Lipinski definition) is 1. The quantitative estimate of drug-likeness (QED) is 0.361. The highest BCUT2D eigenvalue weighted by Crippen LogP contribution is 2.31. The predicted octanol–water partition coefficient (Wildman–Crippen LogP) is 7.00. The van der Waals surface area contributed by atoms with Crippen molar-refractivity contribution in [1.82, 2.24) is 10.3 Å². The summed E-state index contributed by atoms with van der Waals surface area (Å²) in [5.74, 6) is 0.409. The number of fused-ring (bicyclic) bond motifs is 1. The van der Waals surface area contributed by atoms with E-state index in [9.17, 15) is 4.79 Å². The Morgan fingerprint density at radius 3 is 2.23 bits per heavy atom. The molecular formula is C27H26N2OS. The second kappa shape index (κ2) is 9.36. The van der Waals surface area contributed by atoms with Crippen LogP contribution in [0.25, 0.3) is 10.9 Å². The molecule has 0 aliphatic heterocycles. The van der Waals surface area contributed by atoms with Gasteiger partial charge in [0.1, 0.15) is 5.03 Å². The molecule has 1 heterocycles. The summed E-state index contributed by atoms with van der Waals surface area (Å²) in [6.07, 6.45) is 0. The van der Waals surface area contributed by atoms with Crippen molar-refractivity contribution in [2.75, 3.05) is 0 Å². The van der Waals surface area contributed by atoms with Gasteiger partial charge in [0.05, 0.1) is 17.1 Å². The third-order valence-electron chi connectivity index (χ3n) is 5.35. The average Bonchev–Trinajstić information content (AvgIpc) is 2.79. The van der Waals surface area contributed by atoms with Gasteiger partial charge in [0.15, 0.2) is 0 Å². The summed E-state index contributed by atoms with van der Waals surface area (Å²) >= 11 is 1.58. The molecule has 4 rings (SSSR count). The maximum Gasteiger partial charge on any atom is 0.252 e. The van der Waals surface area contributed by atoms with Gasteiger partial charge in [-0.05, 0) is 48.2 Å². The minimum atomic E-state index is -0.0908. The molecule has 31 heavy (non-hydrogen) atoms. The maximum atomic E-state index is 13.2. The van der Waals surface area contributed by atoms with Gasteiger partial charge in [-0.25, -0.2) is 4.98 Å². The highest BCUT2D eigenvalue weighted by Gasteiger charge is 2.16. The maximum absolute atomic E-state index is 13.2. The van der Waals surface area contributed by atoms with Crippen LogP contribution in [-0.4, -0.2) is 10.9 Å². The monoisotopic (exact) mass is 426 g/mol. The first-order chi connectivity index (χ1) is 15.0. The van der Waals surface area contributed by atoms with Gasteiger partial charge in [0.2, 0.25) is 0 Å². The van der Waals surface area contributed by atoms with Crippen LogP contribution in [0.4, 0.5) is 0 Å². The Balaban J connectivity index is 1.64. The summed E-state index contributed by atoms with van der Waals surface area (Å²) in [4.78, 5) is 19.1. The lowest BCUT2D eigenvalue weighted by molar-refractivity contribution is 0.0941. The van der Waals surface area contributed by atoms with Crippen LogP contribution in [0.1, 0.15) is 54.2 Å². The van der Waals surface area contributed by atoms with Crippen LogP contribution in [0.3, 0.4) is 0 Å². The van der Waals surface area contributed by atoms with Crippen LogP contribution in [0, 0.1) is 0 Å². The molecule has 0 fully saturated rings. The van der Waals surface area contributed by atoms with E-state index in [0.29, 0.717) is 11.5 Å². The lowest BCUT2D eigenvalue weighted by atomic mass is 10.0. The number of para-hydroxylation sites is 1. The lowest BCUT2D eigenvalue weighted by Gasteiger charge is -2.16. The summed E-state index contributed by atoms with van der Waals surface area (Å²) in [7, 11) is 0. The zero-order valence-corrected chi connectivity index (χ0v) is 18.8. The van der Waals surface area contributed by atoms with E-state index >= 15 is 0 Å². The fourth-order valence-corrected chi connectivity index (χ4v) is 4.37. The van der Waals surface area contributed by atoms with Gasteiger partial charge in [0.25, 0.3) is 5.91 Å². The minimum absolute atomic E-state index is 0.0830. The molecule has 0 saturated carbocycles. The molecule has 1 atom stereocenters. The molecule has 1 aromatic heterocycles. The largest absolute Gasteiger partial charge is 0.345 e. The van der Waals surface area contributed by atoms with E-state index in [1.165, 1.54) is 5.56 Å². The molecule has 0 aliphatic rings. The standard InChI is InChI=1S/C27H26N2OS/c1-18(2)20-13-15-22(16-14-20)31-26-17-24(23-11-7-8-12-25(23)29-26)27(30)28-19(3)21-9-5-4-6-10-21/h4-19H,1-3H3,(H,28,30). The van der Waals surface area contributed by atoms with Gasteiger partial charge in [0, 0.05) is 10.3 Å². The SMILES string of the molecule is CC(C)c1ccc(Sc2cc(C(=O)NC(C)c3ccccc3)c3ccccc3n2)cc1. The number of benzene rings is 3. The van der Waals surface area contributed by atoms with E-state index in [1.54, 1.807) is 11.8 Å². The van der Waals surface area contributed by atoms with Crippen molar-refractivity contribution in [2.24, 2.45) is 0 Å². The molecule has 4 aromatic rings.